The van der Waals surface area contributed by atoms with Crippen LogP contribution in [0.15, 0.2) is 24.3 Å². The van der Waals surface area contributed by atoms with Crippen LogP contribution in [0.25, 0.3) is 0 Å². The molecular weight excluding hydrogens is 686 g/mol. The first-order chi connectivity index (χ1) is 19.0. The molecule has 1 unspecified atom stereocenters. The molecule has 4 N–H and O–H groups in total. The van der Waals surface area contributed by atoms with Crippen molar-refractivity contribution in [3.8, 4) is 0 Å². The van der Waals surface area contributed by atoms with Gasteiger partial charge in [-0.25, -0.2) is 0 Å². The monoisotopic (exact) mass is 724 g/mol. The summed E-state index contributed by atoms with van der Waals surface area (Å²) in [4.78, 5) is 66.1. The van der Waals surface area contributed by atoms with Crippen LogP contribution in [0, 0.1) is 5.92 Å². The number of ketones is 1. The first kappa shape index (κ1) is 33.3. The van der Waals surface area contributed by atoms with E-state index in [1.165, 1.54) is 4.90 Å². The van der Waals surface area contributed by atoms with E-state index in [0.717, 1.165) is 11.1 Å². The van der Waals surface area contributed by atoms with Gasteiger partial charge in [0.1, 0.15) is 0 Å². The predicted octanol–water partition coefficient (Wildman–Crippen LogP) is 3.39. The Morgan fingerprint density at radius 2 is 1.71 bits per heavy atom. The number of nitrogens with zero attached hydrogens (tertiary/aromatic N) is 1. The molecule has 0 spiro atoms. The van der Waals surface area contributed by atoms with Crippen LogP contribution < -0.4 is 16.4 Å². The quantitative estimate of drug-likeness (QED) is 0.192. The van der Waals surface area contributed by atoms with E-state index in [1.54, 1.807) is 27.7 Å². The van der Waals surface area contributed by atoms with Crippen LogP contribution >= 0.6 is 33.5 Å². The molecule has 4 amide bonds. The maximum atomic E-state index is 14.3. The van der Waals surface area contributed by atoms with E-state index < -0.39 is 73.0 Å². The number of carbonyl (C=O) groups is 5. The van der Waals surface area contributed by atoms with Crippen LogP contribution in [-0.4, -0.2) is 73.2 Å². The number of Topliss-reactive ketones (excluding diaryl/α,β-unsaturated/α-hetero) is 1. The van der Waals surface area contributed by atoms with E-state index in [2.05, 4.69) is 15.1 Å². The van der Waals surface area contributed by atoms with E-state index >= 15 is 0 Å². The molecule has 3 rings (SSSR count). The number of amides is 4. The van der Waals surface area contributed by atoms with Gasteiger partial charge in [0.2, 0.25) is 0 Å². The molecule has 1 heterocycles. The van der Waals surface area contributed by atoms with Crippen LogP contribution in [-0.2, 0) is 36.8 Å². The molecule has 228 valence electrons. The van der Waals surface area contributed by atoms with Crippen molar-refractivity contribution >= 4 is 67.6 Å². The van der Waals surface area contributed by atoms with Gasteiger partial charge in [0.05, 0.1) is 0 Å². The van der Waals surface area contributed by atoms with Crippen molar-refractivity contribution in [1.29, 1.82) is 0 Å². The Kier molecular flexibility index (Phi) is 10.8. The standard InChI is InChI=1S/C28H39Cl2IN4O6/c1-6-9-20(23(36)24(32)37)33-25(38)21-14-19(31(5,29)30)15-35(21)26(39)22(34-27(40)41-28(2,3)4)18-12-16-10-7-8-11-17(16)13-18/h7-8,10-11,18-22H,5-6,9,12-15H2,1-4H3,(H2,32,37)(H,33,38)(H,34,40)/t19-,20?,21+,22+/m1/s1. The van der Waals surface area contributed by atoms with Gasteiger partial charge in [-0.1, -0.05) is 0 Å². The molecule has 4 atom stereocenters. The van der Waals surface area contributed by atoms with Crippen molar-refractivity contribution in [3.05, 3.63) is 35.4 Å². The Labute approximate surface area is 251 Å². The van der Waals surface area contributed by atoms with E-state index in [4.69, 9.17) is 28.3 Å². The molecule has 1 aliphatic carbocycles. The number of hydrogen-bond acceptors (Lipinski definition) is 6. The first-order valence-electron chi connectivity index (χ1n) is 13.5. The molecule has 0 saturated carbocycles. The summed E-state index contributed by atoms with van der Waals surface area (Å²) in [5.41, 5.74) is 6.56. The number of hydrogen-bond donors (Lipinski definition) is 3. The molecule has 2 aliphatic rings. The molecule has 1 saturated heterocycles. The first-order valence-corrected chi connectivity index (χ1v) is 21.7. The molecule has 41 heavy (non-hydrogen) atoms. The number of alkyl halides is 1. The number of carbonyl (C=O) groups excluding carboxylic acids is 5. The van der Waals surface area contributed by atoms with Gasteiger partial charge in [-0.15, -0.1) is 0 Å². The van der Waals surface area contributed by atoms with Crippen molar-refractivity contribution in [2.75, 3.05) is 6.54 Å². The minimum atomic E-state index is -3.58. The number of nitrogens with two attached hydrogens (primary N) is 1. The second kappa shape index (κ2) is 13.4. The second-order valence-electron chi connectivity index (χ2n) is 11.6. The SMILES string of the molecule is C=I(Cl)(Cl)[C@@H]1C[C@@H](C(=O)NC(CCC)C(=O)C(N)=O)N(C(=O)[C@@H](NC(=O)OC(C)(C)C)C2Cc3ccccc3C2)C1. The molecule has 1 aliphatic heterocycles. The van der Waals surface area contributed by atoms with Crippen LogP contribution in [0.2, 0.25) is 0 Å². The Balaban J connectivity index is 1.93. The van der Waals surface area contributed by atoms with E-state index in [1.807, 2.05) is 24.3 Å². The minimum absolute atomic E-state index is 0.0679. The molecule has 10 nitrogen and oxygen atoms in total. The molecule has 1 aromatic rings. The van der Waals surface area contributed by atoms with Crippen molar-refractivity contribution < 1.29 is 28.7 Å². The number of halogens is 3. The zero-order valence-corrected chi connectivity index (χ0v) is 27.4. The van der Waals surface area contributed by atoms with Gasteiger partial charge >= 0.3 is 253 Å². The van der Waals surface area contributed by atoms with E-state index in [9.17, 15) is 24.0 Å². The van der Waals surface area contributed by atoms with Gasteiger partial charge in [0.25, 0.3) is 0 Å². The summed E-state index contributed by atoms with van der Waals surface area (Å²) in [5, 5.41) is 5.38. The van der Waals surface area contributed by atoms with Gasteiger partial charge in [0, 0.05) is 0 Å². The Hall–Kier alpha value is -2.25. The number of ether oxygens (including phenoxy) is 1. The summed E-state index contributed by atoms with van der Waals surface area (Å²) in [7, 11) is 13.0. The predicted molar refractivity (Wildman–Crippen MR) is 168 cm³/mol. The Morgan fingerprint density at radius 1 is 1.12 bits per heavy atom. The summed E-state index contributed by atoms with van der Waals surface area (Å²) in [6.45, 7) is 7.04. The number of nitrogens with one attached hydrogen (secondary N) is 2. The maximum absolute atomic E-state index is 14.3. The van der Waals surface area contributed by atoms with Crippen LogP contribution in [0.5, 0.6) is 0 Å². The molecule has 0 aromatic heterocycles. The van der Waals surface area contributed by atoms with Crippen molar-refractivity contribution in [1.82, 2.24) is 15.5 Å². The normalized spacial score (nSPS) is 21.0. The zero-order chi connectivity index (χ0) is 30.7. The molecule has 13 heteroatoms. The number of rotatable bonds is 10. The summed E-state index contributed by atoms with van der Waals surface area (Å²) in [6, 6.07) is 4.64. The third kappa shape index (κ3) is 8.63. The van der Waals surface area contributed by atoms with Crippen molar-refractivity contribution in [2.24, 2.45) is 11.7 Å². The average Bonchev–Trinajstić information content (AvgIpc) is 3.50. The molecule has 0 bridgehead atoms. The van der Waals surface area contributed by atoms with Crippen LogP contribution in [0.1, 0.15) is 58.1 Å². The molecular formula is C28H39Cl2IN4O6. The van der Waals surface area contributed by atoms with Gasteiger partial charge < -0.3 is 0 Å². The van der Waals surface area contributed by atoms with Gasteiger partial charge in [0.15, 0.2) is 0 Å². The number of benzene rings is 1. The fourth-order valence-electron chi connectivity index (χ4n) is 5.33. The molecule has 0 radical (unpaired) electrons. The fraction of sp³-hybridized carbons (Fsp3) is 0.571. The Bertz CT molecular complexity index is 1220. The third-order valence-corrected chi connectivity index (χ3v) is 13.8. The summed E-state index contributed by atoms with van der Waals surface area (Å²) in [5.74, 6) is -3.48. The van der Waals surface area contributed by atoms with Crippen LogP contribution in [0.4, 0.5) is 4.79 Å². The average molecular weight is 725 g/mol. The van der Waals surface area contributed by atoms with Gasteiger partial charge in [-0.3, -0.25) is 0 Å². The van der Waals surface area contributed by atoms with Crippen molar-refractivity contribution in [3.63, 3.8) is 0 Å². The number of likely N-dealkylation sites (tertiary alicyclic amines) is 1. The third-order valence-electron chi connectivity index (χ3n) is 7.23. The Morgan fingerprint density at radius 3 is 2.20 bits per heavy atom. The van der Waals surface area contributed by atoms with E-state index in [0.29, 0.717) is 19.3 Å². The molecule has 1 aromatic carbocycles. The van der Waals surface area contributed by atoms with E-state index in [-0.39, 0.29) is 25.3 Å². The second-order valence-corrected chi connectivity index (χ2v) is 24.4. The summed E-state index contributed by atoms with van der Waals surface area (Å²) in [6.07, 6.45) is 1.18. The van der Waals surface area contributed by atoms with Gasteiger partial charge in [-0.05, 0) is 0 Å². The number of fused-ring (bicyclic) bond motifs is 1. The number of alkyl carbamates (subject to hydrolysis) is 1. The topological polar surface area (TPSA) is 148 Å². The van der Waals surface area contributed by atoms with Crippen LogP contribution in [0.3, 0.4) is 0 Å². The number of primary amides is 1. The molecule has 1 fully saturated rings. The fourth-order valence-corrected chi connectivity index (χ4v) is 9.16. The summed E-state index contributed by atoms with van der Waals surface area (Å²) >= 11 is -3.58. The zero-order valence-electron chi connectivity index (χ0n) is 23.8. The van der Waals surface area contributed by atoms with Gasteiger partial charge in [-0.2, -0.15) is 0 Å². The summed E-state index contributed by atoms with van der Waals surface area (Å²) < 4.78 is 9.01. The van der Waals surface area contributed by atoms with Crippen molar-refractivity contribution in [2.45, 2.75) is 87.5 Å².